The molecule has 3 heteroatoms. The van der Waals surface area contributed by atoms with Crippen molar-refractivity contribution >= 4 is 27.5 Å². The molecule has 76 valence electrons. The third kappa shape index (κ3) is 2.13. The number of aliphatic hydroxyl groups excluding tert-OH is 1. The standard InChI is InChI=1S/C11H12BrClO/c12-9-4-8(5-10(13)6-9)11(14)7-2-1-3-7/h4-7,11,14H,1-3H2. The molecular formula is C11H12BrClO. The lowest BCUT2D eigenvalue weighted by Crippen LogP contribution is -2.19. The van der Waals surface area contributed by atoms with Crippen molar-refractivity contribution in [2.45, 2.75) is 25.4 Å². The van der Waals surface area contributed by atoms with E-state index in [2.05, 4.69) is 15.9 Å². The molecule has 0 heterocycles. The highest BCUT2D eigenvalue weighted by atomic mass is 79.9. The Kier molecular flexibility index (Phi) is 3.15. The third-order valence-electron chi connectivity index (χ3n) is 2.82. The number of hydrogen-bond acceptors (Lipinski definition) is 1. The van der Waals surface area contributed by atoms with Gasteiger partial charge in [0.25, 0.3) is 0 Å². The maximum Gasteiger partial charge on any atom is 0.0819 e. The molecule has 1 unspecified atom stereocenters. The fourth-order valence-corrected chi connectivity index (χ4v) is 2.66. The molecule has 1 aliphatic carbocycles. The van der Waals surface area contributed by atoms with E-state index in [0.717, 1.165) is 22.9 Å². The van der Waals surface area contributed by atoms with Crippen LogP contribution in [0.25, 0.3) is 0 Å². The molecular weight excluding hydrogens is 263 g/mol. The molecule has 14 heavy (non-hydrogen) atoms. The van der Waals surface area contributed by atoms with Crippen LogP contribution in [0.3, 0.4) is 0 Å². The predicted octanol–water partition coefficient (Wildman–Crippen LogP) is 3.94. The smallest absolute Gasteiger partial charge is 0.0819 e. The summed E-state index contributed by atoms with van der Waals surface area (Å²) in [6, 6.07) is 5.61. The first-order valence-corrected chi connectivity index (χ1v) is 5.98. The van der Waals surface area contributed by atoms with E-state index in [-0.39, 0.29) is 6.10 Å². The van der Waals surface area contributed by atoms with Crippen LogP contribution in [0, 0.1) is 5.92 Å². The minimum absolute atomic E-state index is 0.348. The fraction of sp³-hybridized carbons (Fsp3) is 0.455. The van der Waals surface area contributed by atoms with Crippen LogP contribution in [0.4, 0.5) is 0 Å². The Morgan fingerprint density at radius 1 is 1.36 bits per heavy atom. The highest BCUT2D eigenvalue weighted by molar-refractivity contribution is 9.10. The van der Waals surface area contributed by atoms with Crippen LogP contribution >= 0.6 is 27.5 Å². The zero-order chi connectivity index (χ0) is 10.1. The van der Waals surface area contributed by atoms with E-state index in [1.807, 2.05) is 18.2 Å². The van der Waals surface area contributed by atoms with E-state index in [1.54, 1.807) is 0 Å². The third-order valence-corrected chi connectivity index (χ3v) is 3.50. The lowest BCUT2D eigenvalue weighted by atomic mass is 9.79. The van der Waals surface area contributed by atoms with Crippen molar-refractivity contribution in [2.24, 2.45) is 5.92 Å². The van der Waals surface area contributed by atoms with Gasteiger partial charge in [0.1, 0.15) is 0 Å². The van der Waals surface area contributed by atoms with Gasteiger partial charge in [-0.15, -0.1) is 0 Å². The van der Waals surface area contributed by atoms with Gasteiger partial charge >= 0.3 is 0 Å². The van der Waals surface area contributed by atoms with Crippen LogP contribution in [0.2, 0.25) is 5.02 Å². The highest BCUT2D eigenvalue weighted by Crippen LogP contribution is 2.38. The van der Waals surface area contributed by atoms with Gasteiger partial charge in [-0.2, -0.15) is 0 Å². The van der Waals surface area contributed by atoms with E-state index in [9.17, 15) is 5.11 Å². The first-order chi connectivity index (χ1) is 6.66. The molecule has 0 amide bonds. The van der Waals surface area contributed by atoms with Gasteiger partial charge in [0.05, 0.1) is 6.10 Å². The van der Waals surface area contributed by atoms with Crippen molar-refractivity contribution in [3.8, 4) is 0 Å². The summed E-state index contributed by atoms with van der Waals surface area (Å²) in [5, 5.41) is 10.7. The molecule has 1 saturated carbocycles. The summed E-state index contributed by atoms with van der Waals surface area (Å²) in [5.41, 5.74) is 0.925. The van der Waals surface area contributed by atoms with Crippen molar-refractivity contribution < 1.29 is 5.11 Å². The van der Waals surface area contributed by atoms with E-state index < -0.39 is 0 Å². The largest absolute Gasteiger partial charge is 0.388 e. The Balaban J connectivity index is 2.21. The first kappa shape index (κ1) is 10.5. The molecule has 0 aliphatic heterocycles. The van der Waals surface area contributed by atoms with E-state index in [0.29, 0.717) is 10.9 Å². The molecule has 0 bridgehead atoms. The Labute approximate surface area is 97.2 Å². The zero-order valence-electron chi connectivity index (χ0n) is 7.71. The summed E-state index contributed by atoms with van der Waals surface area (Å²) < 4.78 is 0.929. The normalized spacial score (nSPS) is 19.1. The maximum absolute atomic E-state index is 10.0. The minimum Gasteiger partial charge on any atom is -0.388 e. The Morgan fingerprint density at radius 2 is 2.07 bits per heavy atom. The molecule has 1 N–H and O–H groups in total. The van der Waals surface area contributed by atoms with Crippen molar-refractivity contribution in [1.29, 1.82) is 0 Å². The number of aliphatic hydroxyl groups is 1. The molecule has 2 rings (SSSR count). The quantitative estimate of drug-likeness (QED) is 0.867. The molecule has 0 aromatic heterocycles. The van der Waals surface area contributed by atoms with Gasteiger partial charge in [-0.05, 0) is 42.5 Å². The second-order valence-electron chi connectivity index (χ2n) is 3.84. The van der Waals surface area contributed by atoms with Crippen LogP contribution in [-0.2, 0) is 0 Å². The Hall–Kier alpha value is -0.0500. The SMILES string of the molecule is OC(c1cc(Cl)cc(Br)c1)C1CCC1. The number of rotatable bonds is 2. The maximum atomic E-state index is 10.0. The second-order valence-corrected chi connectivity index (χ2v) is 5.19. The van der Waals surface area contributed by atoms with Crippen molar-refractivity contribution in [2.75, 3.05) is 0 Å². The average molecular weight is 276 g/mol. The first-order valence-electron chi connectivity index (χ1n) is 4.81. The van der Waals surface area contributed by atoms with Gasteiger partial charge in [-0.1, -0.05) is 34.0 Å². The van der Waals surface area contributed by atoms with Crippen molar-refractivity contribution in [3.63, 3.8) is 0 Å². The summed E-state index contributed by atoms with van der Waals surface area (Å²) in [6.45, 7) is 0. The minimum atomic E-state index is -0.348. The molecule has 1 aromatic rings. The highest BCUT2D eigenvalue weighted by Gasteiger charge is 2.26. The lowest BCUT2D eigenvalue weighted by Gasteiger charge is -2.30. The number of hydrogen-bond donors (Lipinski definition) is 1. The molecule has 0 saturated heterocycles. The van der Waals surface area contributed by atoms with Gasteiger partial charge < -0.3 is 5.11 Å². The molecule has 0 radical (unpaired) electrons. The topological polar surface area (TPSA) is 20.2 Å². The van der Waals surface area contributed by atoms with Crippen molar-refractivity contribution in [3.05, 3.63) is 33.3 Å². The molecule has 1 fully saturated rings. The van der Waals surface area contributed by atoms with E-state index in [4.69, 9.17) is 11.6 Å². The summed E-state index contributed by atoms with van der Waals surface area (Å²) in [6.07, 6.45) is 3.15. The summed E-state index contributed by atoms with van der Waals surface area (Å²) >= 11 is 9.29. The lowest BCUT2D eigenvalue weighted by molar-refractivity contribution is 0.0620. The van der Waals surface area contributed by atoms with Crippen LogP contribution in [0.15, 0.2) is 22.7 Å². The van der Waals surface area contributed by atoms with Crippen LogP contribution in [0.1, 0.15) is 30.9 Å². The van der Waals surface area contributed by atoms with E-state index in [1.165, 1.54) is 6.42 Å². The molecule has 1 nitrogen and oxygen atoms in total. The monoisotopic (exact) mass is 274 g/mol. The Morgan fingerprint density at radius 3 is 2.57 bits per heavy atom. The average Bonchev–Trinajstić information content (AvgIpc) is 1.98. The van der Waals surface area contributed by atoms with E-state index >= 15 is 0 Å². The van der Waals surface area contributed by atoms with Crippen LogP contribution in [-0.4, -0.2) is 5.11 Å². The number of halogens is 2. The Bertz CT molecular complexity index is 316. The summed E-state index contributed by atoms with van der Waals surface area (Å²) in [4.78, 5) is 0. The van der Waals surface area contributed by atoms with Gasteiger partial charge in [0.15, 0.2) is 0 Å². The zero-order valence-corrected chi connectivity index (χ0v) is 10.1. The van der Waals surface area contributed by atoms with Gasteiger partial charge in [-0.3, -0.25) is 0 Å². The second kappa shape index (κ2) is 4.21. The molecule has 1 aliphatic rings. The molecule has 1 aromatic carbocycles. The van der Waals surface area contributed by atoms with Crippen LogP contribution in [0.5, 0.6) is 0 Å². The molecule has 0 spiro atoms. The summed E-state index contributed by atoms with van der Waals surface area (Å²) in [5.74, 6) is 0.431. The van der Waals surface area contributed by atoms with Gasteiger partial charge in [0, 0.05) is 9.50 Å². The number of benzene rings is 1. The van der Waals surface area contributed by atoms with Crippen molar-refractivity contribution in [1.82, 2.24) is 0 Å². The van der Waals surface area contributed by atoms with Crippen LogP contribution < -0.4 is 0 Å². The fourth-order valence-electron chi connectivity index (χ4n) is 1.77. The van der Waals surface area contributed by atoms with Gasteiger partial charge in [-0.25, -0.2) is 0 Å². The molecule has 1 atom stereocenters. The predicted molar refractivity (Wildman–Crippen MR) is 61.5 cm³/mol. The summed E-state index contributed by atoms with van der Waals surface area (Å²) in [7, 11) is 0. The van der Waals surface area contributed by atoms with Gasteiger partial charge in [0.2, 0.25) is 0 Å².